The lowest BCUT2D eigenvalue weighted by Gasteiger charge is -2.45. The minimum absolute atomic E-state index is 0.156. The number of rotatable bonds is 2. The third-order valence-corrected chi connectivity index (χ3v) is 3.58. The van der Waals surface area contributed by atoms with Gasteiger partial charge in [-0.3, -0.25) is 0 Å². The van der Waals surface area contributed by atoms with Crippen LogP contribution < -0.4 is 0 Å². The standard InChI is InChI=1S/C11H21N3/c1-5-10(3)6-9(2)7-11(4,8-10)13-14-12/h9H,5-8H2,1-4H3/t9-,10-,11-/m1/s1. The van der Waals surface area contributed by atoms with Crippen LogP contribution in [-0.4, -0.2) is 5.54 Å². The highest BCUT2D eigenvalue weighted by Gasteiger charge is 2.40. The van der Waals surface area contributed by atoms with E-state index in [-0.39, 0.29) is 5.54 Å². The van der Waals surface area contributed by atoms with Crippen molar-refractivity contribution in [1.29, 1.82) is 0 Å². The second kappa shape index (κ2) is 3.82. The first-order valence-corrected chi connectivity index (χ1v) is 5.49. The molecular formula is C11H21N3. The van der Waals surface area contributed by atoms with E-state index in [2.05, 4.69) is 37.7 Å². The molecule has 3 atom stereocenters. The van der Waals surface area contributed by atoms with Gasteiger partial charge in [-0.05, 0) is 36.1 Å². The number of azide groups is 1. The molecule has 1 aliphatic rings. The average Bonchev–Trinajstić information content (AvgIpc) is 2.01. The zero-order valence-corrected chi connectivity index (χ0v) is 9.75. The van der Waals surface area contributed by atoms with E-state index in [0.29, 0.717) is 11.3 Å². The van der Waals surface area contributed by atoms with Gasteiger partial charge in [0.15, 0.2) is 0 Å². The summed E-state index contributed by atoms with van der Waals surface area (Å²) in [4.78, 5) is 2.99. The molecule has 0 radical (unpaired) electrons. The summed E-state index contributed by atoms with van der Waals surface area (Å²) in [7, 11) is 0. The van der Waals surface area contributed by atoms with Crippen molar-refractivity contribution in [2.45, 2.75) is 58.9 Å². The third-order valence-electron chi connectivity index (χ3n) is 3.58. The predicted octanol–water partition coefficient (Wildman–Crippen LogP) is 4.29. The van der Waals surface area contributed by atoms with Crippen LogP contribution in [0.2, 0.25) is 0 Å². The fourth-order valence-electron chi connectivity index (χ4n) is 3.18. The molecule has 1 rings (SSSR count). The summed E-state index contributed by atoms with van der Waals surface area (Å²) < 4.78 is 0. The van der Waals surface area contributed by atoms with Crippen molar-refractivity contribution in [2.24, 2.45) is 16.4 Å². The fourth-order valence-corrected chi connectivity index (χ4v) is 3.18. The monoisotopic (exact) mass is 195 g/mol. The molecule has 0 aromatic heterocycles. The van der Waals surface area contributed by atoms with Gasteiger partial charge in [-0.25, -0.2) is 0 Å². The van der Waals surface area contributed by atoms with Crippen molar-refractivity contribution in [3.63, 3.8) is 0 Å². The summed E-state index contributed by atoms with van der Waals surface area (Å²) in [5.74, 6) is 0.671. The quantitative estimate of drug-likeness (QED) is 0.358. The van der Waals surface area contributed by atoms with Gasteiger partial charge in [-0.15, -0.1) is 0 Å². The van der Waals surface area contributed by atoms with Crippen LogP contribution in [0, 0.1) is 11.3 Å². The Hall–Kier alpha value is -0.690. The maximum absolute atomic E-state index is 8.57. The van der Waals surface area contributed by atoms with Crippen molar-refractivity contribution >= 4 is 0 Å². The lowest BCUT2D eigenvalue weighted by atomic mass is 9.63. The van der Waals surface area contributed by atoms with Crippen LogP contribution in [0.5, 0.6) is 0 Å². The minimum atomic E-state index is -0.156. The maximum Gasteiger partial charge on any atom is 0.0467 e. The van der Waals surface area contributed by atoms with Crippen LogP contribution in [-0.2, 0) is 0 Å². The van der Waals surface area contributed by atoms with Crippen LogP contribution in [0.1, 0.15) is 53.4 Å². The molecule has 3 nitrogen and oxygen atoms in total. The summed E-state index contributed by atoms with van der Waals surface area (Å²) in [6.07, 6.45) is 4.51. The molecule has 0 aromatic rings. The third kappa shape index (κ3) is 2.42. The SMILES string of the molecule is CC[C@]1(C)C[C@@H](C)C[C@@](C)(N=[N+]=[N-])C1. The normalized spacial score (nSPS) is 43.0. The molecule has 1 saturated carbocycles. The molecule has 1 aliphatic carbocycles. The van der Waals surface area contributed by atoms with Gasteiger partial charge in [0.05, 0.1) is 0 Å². The molecule has 0 saturated heterocycles. The summed E-state index contributed by atoms with van der Waals surface area (Å²) >= 11 is 0. The smallest absolute Gasteiger partial charge is 0.0467 e. The number of hydrogen-bond acceptors (Lipinski definition) is 1. The molecule has 0 spiro atoms. The molecule has 0 bridgehead atoms. The van der Waals surface area contributed by atoms with Gasteiger partial charge in [0.2, 0.25) is 0 Å². The maximum atomic E-state index is 8.57. The van der Waals surface area contributed by atoms with E-state index in [1.54, 1.807) is 0 Å². The van der Waals surface area contributed by atoms with E-state index in [1.807, 2.05) is 0 Å². The Morgan fingerprint density at radius 2 is 2.07 bits per heavy atom. The van der Waals surface area contributed by atoms with E-state index in [4.69, 9.17) is 5.53 Å². The zero-order chi connectivity index (χ0) is 10.8. The van der Waals surface area contributed by atoms with Gasteiger partial charge < -0.3 is 0 Å². The Balaban J connectivity index is 2.86. The zero-order valence-electron chi connectivity index (χ0n) is 9.75. The van der Waals surface area contributed by atoms with Crippen LogP contribution in [0.4, 0.5) is 0 Å². The second-order valence-electron chi connectivity index (χ2n) is 5.54. The minimum Gasteiger partial charge on any atom is -0.0875 e. The first-order chi connectivity index (χ1) is 6.43. The highest BCUT2D eigenvalue weighted by molar-refractivity contribution is 4.97. The number of nitrogens with zero attached hydrogens (tertiary/aromatic N) is 3. The summed E-state index contributed by atoms with van der Waals surface area (Å²) in [6, 6.07) is 0. The Kier molecular flexibility index (Phi) is 3.10. The fraction of sp³-hybridized carbons (Fsp3) is 1.00. The van der Waals surface area contributed by atoms with Gasteiger partial charge in [-0.2, -0.15) is 0 Å². The predicted molar refractivity (Wildman–Crippen MR) is 59.0 cm³/mol. The molecule has 0 amide bonds. The molecule has 14 heavy (non-hydrogen) atoms. The highest BCUT2D eigenvalue weighted by atomic mass is 15.2. The Bertz CT molecular complexity index is 257. The van der Waals surface area contributed by atoms with E-state index < -0.39 is 0 Å². The van der Waals surface area contributed by atoms with E-state index in [9.17, 15) is 0 Å². The van der Waals surface area contributed by atoms with Crippen molar-refractivity contribution in [2.75, 3.05) is 0 Å². The molecule has 0 aliphatic heterocycles. The average molecular weight is 195 g/mol. The van der Waals surface area contributed by atoms with Crippen LogP contribution in [0.15, 0.2) is 5.11 Å². The first-order valence-electron chi connectivity index (χ1n) is 5.49. The van der Waals surface area contributed by atoms with Crippen molar-refractivity contribution in [3.05, 3.63) is 10.4 Å². The molecule has 1 fully saturated rings. The molecule has 80 valence electrons. The lowest BCUT2D eigenvalue weighted by Crippen LogP contribution is -2.39. The van der Waals surface area contributed by atoms with E-state index in [1.165, 1.54) is 12.8 Å². The van der Waals surface area contributed by atoms with Crippen LogP contribution in [0.25, 0.3) is 10.4 Å². The second-order valence-corrected chi connectivity index (χ2v) is 5.54. The van der Waals surface area contributed by atoms with Crippen molar-refractivity contribution in [3.8, 4) is 0 Å². The topological polar surface area (TPSA) is 48.8 Å². The Labute approximate surface area is 86.5 Å². The van der Waals surface area contributed by atoms with Gasteiger partial charge >= 0.3 is 0 Å². The largest absolute Gasteiger partial charge is 0.0875 e. The van der Waals surface area contributed by atoms with Gasteiger partial charge in [0.1, 0.15) is 0 Å². The lowest BCUT2D eigenvalue weighted by molar-refractivity contribution is 0.0984. The van der Waals surface area contributed by atoms with E-state index >= 15 is 0 Å². The summed E-state index contributed by atoms with van der Waals surface area (Å²) in [5.41, 5.74) is 8.78. The van der Waals surface area contributed by atoms with Crippen molar-refractivity contribution < 1.29 is 0 Å². The van der Waals surface area contributed by atoms with Gasteiger partial charge in [-0.1, -0.05) is 39.2 Å². The molecule has 3 heteroatoms. The highest BCUT2D eigenvalue weighted by Crippen LogP contribution is 2.47. The molecule has 0 unspecified atom stereocenters. The molecule has 0 N–H and O–H groups in total. The molecule has 0 aromatic carbocycles. The Morgan fingerprint density at radius 3 is 2.57 bits per heavy atom. The van der Waals surface area contributed by atoms with Gasteiger partial charge in [0, 0.05) is 10.5 Å². The van der Waals surface area contributed by atoms with Gasteiger partial charge in [0.25, 0.3) is 0 Å². The molecular weight excluding hydrogens is 174 g/mol. The Morgan fingerprint density at radius 1 is 1.43 bits per heavy atom. The molecule has 0 heterocycles. The van der Waals surface area contributed by atoms with Crippen LogP contribution >= 0.6 is 0 Å². The summed E-state index contributed by atoms with van der Waals surface area (Å²) in [5, 5.41) is 3.99. The summed E-state index contributed by atoms with van der Waals surface area (Å²) in [6.45, 7) is 8.90. The van der Waals surface area contributed by atoms with Crippen molar-refractivity contribution in [1.82, 2.24) is 0 Å². The van der Waals surface area contributed by atoms with Crippen LogP contribution in [0.3, 0.4) is 0 Å². The number of hydrogen-bond donors (Lipinski definition) is 0. The van der Waals surface area contributed by atoms with E-state index in [0.717, 1.165) is 12.8 Å². The first kappa shape index (κ1) is 11.4.